The second-order valence-electron chi connectivity index (χ2n) is 6.67. The highest BCUT2D eigenvalue weighted by Gasteiger charge is 2.19. The molecule has 160 valence electrons. The van der Waals surface area contributed by atoms with Gasteiger partial charge >= 0.3 is 0 Å². The topological polar surface area (TPSA) is 74.6 Å². The lowest BCUT2D eigenvalue weighted by Crippen LogP contribution is -2.10. The summed E-state index contributed by atoms with van der Waals surface area (Å²) in [6, 6.07) is 12.6. The first kappa shape index (κ1) is 21.0. The van der Waals surface area contributed by atoms with Crippen molar-refractivity contribution in [2.75, 3.05) is 26.6 Å². The van der Waals surface area contributed by atoms with Gasteiger partial charge < -0.3 is 19.5 Å². The third kappa shape index (κ3) is 3.92. The van der Waals surface area contributed by atoms with E-state index in [2.05, 4.69) is 10.4 Å². The van der Waals surface area contributed by atoms with E-state index < -0.39 is 0 Å². The number of rotatable bonds is 6. The lowest BCUT2D eigenvalue weighted by atomic mass is 10.2. The Hall–Kier alpha value is -3.23. The van der Waals surface area contributed by atoms with Crippen molar-refractivity contribution < 1.29 is 19.0 Å². The maximum Gasteiger partial charge on any atom is 0.265 e. The molecule has 7 nitrogen and oxygen atoms in total. The largest absolute Gasteiger partial charge is 0.493 e. The van der Waals surface area contributed by atoms with E-state index in [1.165, 1.54) is 32.7 Å². The molecule has 2 aromatic carbocycles. The summed E-state index contributed by atoms with van der Waals surface area (Å²) >= 11 is 7.37. The lowest BCUT2D eigenvalue weighted by molar-refractivity contribution is 0.103. The van der Waals surface area contributed by atoms with Crippen molar-refractivity contribution in [3.05, 3.63) is 58.1 Å². The van der Waals surface area contributed by atoms with Gasteiger partial charge in [0.05, 0.1) is 37.6 Å². The number of amides is 1. The number of nitrogens with zero attached hydrogens (tertiary/aromatic N) is 2. The van der Waals surface area contributed by atoms with Gasteiger partial charge in [-0.2, -0.15) is 5.10 Å². The molecule has 0 aliphatic rings. The van der Waals surface area contributed by atoms with E-state index in [0.29, 0.717) is 32.8 Å². The Morgan fingerprint density at radius 2 is 1.68 bits per heavy atom. The molecule has 31 heavy (non-hydrogen) atoms. The maximum atomic E-state index is 13.0. The van der Waals surface area contributed by atoms with Gasteiger partial charge in [0, 0.05) is 28.2 Å². The van der Waals surface area contributed by atoms with Gasteiger partial charge in [-0.25, -0.2) is 4.68 Å². The average molecular weight is 458 g/mol. The van der Waals surface area contributed by atoms with Crippen LogP contribution in [-0.4, -0.2) is 37.0 Å². The van der Waals surface area contributed by atoms with Crippen LogP contribution in [0.2, 0.25) is 5.02 Å². The number of anilines is 1. The Kier molecular flexibility index (Phi) is 5.75. The summed E-state index contributed by atoms with van der Waals surface area (Å²) in [7, 11) is 4.59. The molecule has 0 unspecified atom stereocenters. The highest BCUT2D eigenvalue weighted by atomic mass is 35.5. The molecular formula is C22H20ClN3O4S. The van der Waals surface area contributed by atoms with Crippen LogP contribution in [0.25, 0.3) is 15.9 Å². The van der Waals surface area contributed by atoms with Gasteiger partial charge in [-0.1, -0.05) is 11.6 Å². The monoisotopic (exact) mass is 457 g/mol. The number of methoxy groups -OCH3 is 3. The summed E-state index contributed by atoms with van der Waals surface area (Å²) in [5, 5.41) is 9.09. The third-order valence-corrected chi connectivity index (χ3v) is 6.12. The third-order valence-electron chi connectivity index (χ3n) is 4.76. The number of carbonyl (C=O) groups is 1. The molecular weight excluding hydrogens is 438 g/mol. The fourth-order valence-electron chi connectivity index (χ4n) is 3.26. The van der Waals surface area contributed by atoms with Crippen molar-refractivity contribution in [3.63, 3.8) is 0 Å². The Labute approximate surface area is 188 Å². The quantitative estimate of drug-likeness (QED) is 0.423. The Balaban J connectivity index is 1.68. The molecule has 9 heteroatoms. The van der Waals surface area contributed by atoms with E-state index in [1.807, 2.05) is 41.9 Å². The van der Waals surface area contributed by atoms with Crippen LogP contribution in [0.1, 0.15) is 15.4 Å². The molecule has 1 amide bonds. The molecule has 4 rings (SSSR count). The molecule has 0 radical (unpaired) electrons. The molecule has 0 saturated heterocycles. The maximum absolute atomic E-state index is 13.0. The highest BCUT2D eigenvalue weighted by molar-refractivity contribution is 7.20. The summed E-state index contributed by atoms with van der Waals surface area (Å²) in [5.41, 5.74) is 2.25. The van der Waals surface area contributed by atoms with Crippen molar-refractivity contribution in [2.24, 2.45) is 0 Å². The van der Waals surface area contributed by atoms with Crippen molar-refractivity contribution in [1.82, 2.24) is 9.78 Å². The van der Waals surface area contributed by atoms with Crippen molar-refractivity contribution in [3.8, 4) is 22.9 Å². The zero-order valence-corrected chi connectivity index (χ0v) is 18.9. The predicted octanol–water partition coefficient (Wildman–Crippen LogP) is 5.33. The number of thiophene rings is 1. The van der Waals surface area contributed by atoms with Crippen LogP contribution in [0.15, 0.2) is 42.5 Å². The number of carbonyl (C=O) groups excluding carboxylic acids is 1. The van der Waals surface area contributed by atoms with Crippen LogP contribution >= 0.6 is 22.9 Å². The first-order valence-electron chi connectivity index (χ1n) is 9.31. The minimum absolute atomic E-state index is 0.238. The van der Waals surface area contributed by atoms with E-state index in [4.69, 9.17) is 25.8 Å². The second kappa shape index (κ2) is 8.49. The van der Waals surface area contributed by atoms with Gasteiger partial charge in [-0.05, 0) is 37.3 Å². The zero-order chi connectivity index (χ0) is 22.1. The van der Waals surface area contributed by atoms with Gasteiger partial charge in [0.25, 0.3) is 5.91 Å². The summed E-state index contributed by atoms with van der Waals surface area (Å²) in [6.45, 7) is 1.92. The van der Waals surface area contributed by atoms with Crippen LogP contribution in [0.3, 0.4) is 0 Å². The molecule has 0 atom stereocenters. The molecule has 0 bridgehead atoms. The average Bonchev–Trinajstić information content (AvgIpc) is 3.34. The molecule has 1 N–H and O–H groups in total. The van der Waals surface area contributed by atoms with Crippen molar-refractivity contribution in [2.45, 2.75) is 6.92 Å². The van der Waals surface area contributed by atoms with Crippen LogP contribution in [0, 0.1) is 6.92 Å². The van der Waals surface area contributed by atoms with Crippen molar-refractivity contribution >= 4 is 44.7 Å². The fraction of sp³-hybridized carbons (Fsp3) is 0.182. The van der Waals surface area contributed by atoms with Crippen LogP contribution in [0.5, 0.6) is 17.2 Å². The number of halogens is 1. The van der Waals surface area contributed by atoms with Gasteiger partial charge in [0.2, 0.25) is 5.75 Å². The molecule has 0 spiro atoms. The Morgan fingerprint density at radius 3 is 2.26 bits per heavy atom. The van der Waals surface area contributed by atoms with Crippen LogP contribution in [0.4, 0.5) is 5.69 Å². The smallest absolute Gasteiger partial charge is 0.265 e. The predicted molar refractivity (Wildman–Crippen MR) is 123 cm³/mol. The summed E-state index contributed by atoms with van der Waals surface area (Å²) in [6.07, 6.45) is 0. The van der Waals surface area contributed by atoms with E-state index >= 15 is 0 Å². The number of aryl methyl sites for hydroxylation is 1. The van der Waals surface area contributed by atoms with Crippen LogP contribution < -0.4 is 19.5 Å². The van der Waals surface area contributed by atoms with E-state index in [-0.39, 0.29) is 5.91 Å². The SMILES string of the molecule is COc1cc(NC(=O)c2cc3c(C)nn(-c4ccc(Cl)cc4)c3s2)cc(OC)c1OC. The fourth-order valence-corrected chi connectivity index (χ4v) is 4.47. The summed E-state index contributed by atoms with van der Waals surface area (Å²) in [4.78, 5) is 14.4. The molecule has 2 heterocycles. The molecule has 0 fully saturated rings. The molecule has 0 saturated carbocycles. The standard InChI is InChI=1S/C22H20ClN3O4S/c1-12-16-11-19(31-22(16)26(25-12)15-7-5-13(23)6-8-15)21(27)24-14-9-17(28-2)20(30-4)18(10-14)29-3/h5-11H,1-4H3,(H,24,27). The van der Waals surface area contributed by atoms with Gasteiger partial charge in [0.1, 0.15) is 4.83 Å². The number of nitrogens with one attached hydrogen (secondary N) is 1. The lowest BCUT2D eigenvalue weighted by Gasteiger charge is -2.14. The molecule has 0 aliphatic heterocycles. The first-order chi connectivity index (χ1) is 14.9. The summed E-state index contributed by atoms with van der Waals surface area (Å²) < 4.78 is 17.9. The zero-order valence-electron chi connectivity index (χ0n) is 17.4. The Bertz CT molecular complexity index is 1240. The van der Waals surface area contributed by atoms with Gasteiger partial charge in [-0.3, -0.25) is 4.79 Å². The van der Waals surface area contributed by atoms with E-state index in [9.17, 15) is 4.79 Å². The Morgan fingerprint density at radius 1 is 1.03 bits per heavy atom. The molecule has 0 aliphatic carbocycles. The van der Waals surface area contributed by atoms with E-state index in [0.717, 1.165) is 21.6 Å². The number of aromatic nitrogens is 2. The molecule has 4 aromatic rings. The van der Waals surface area contributed by atoms with Gasteiger partial charge in [-0.15, -0.1) is 11.3 Å². The van der Waals surface area contributed by atoms with E-state index in [1.54, 1.807) is 12.1 Å². The minimum Gasteiger partial charge on any atom is -0.493 e. The van der Waals surface area contributed by atoms with Gasteiger partial charge in [0.15, 0.2) is 11.5 Å². The normalized spacial score (nSPS) is 10.9. The summed E-state index contributed by atoms with van der Waals surface area (Å²) in [5.74, 6) is 1.14. The molecule has 2 aromatic heterocycles. The minimum atomic E-state index is -0.238. The van der Waals surface area contributed by atoms with Crippen molar-refractivity contribution in [1.29, 1.82) is 0 Å². The number of hydrogen-bond donors (Lipinski definition) is 1. The number of benzene rings is 2. The second-order valence-corrected chi connectivity index (χ2v) is 8.14. The number of hydrogen-bond acceptors (Lipinski definition) is 6. The van der Waals surface area contributed by atoms with Crippen LogP contribution in [-0.2, 0) is 0 Å². The first-order valence-corrected chi connectivity index (χ1v) is 10.5. The highest BCUT2D eigenvalue weighted by Crippen LogP contribution is 2.40. The number of ether oxygens (including phenoxy) is 3. The number of fused-ring (bicyclic) bond motifs is 1.